The number of aliphatic hydroxyl groups excluding tert-OH is 1. The van der Waals surface area contributed by atoms with E-state index in [0.717, 1.165) is 31.5 Å². The topological polar surface area (TPSA) is 52.6 Å². The standard InChI is InChI=1S/C18H27ClN2O2/c1-18(2,3)20-16(22)12-21-10-8-14(9-11-21)17(23)13-4-6-15(19)7-5-13/h4-7,14,17,23H,8-12H2,1-3H3,(H,20,22). The van der Waals surface area contributed by atoms with Gasteiger partial charge in [0.05, 0.1) is 12.6 Å². The van der Waals surface area contributed by atoms with Gasteiger partial charge in [0, 0.05) is 10.6 Å². The van der Waals surface area contributed by atoms with Crippen molar-refractivity contribution in [2.75, 3.05) is 19.6 Å². The Morgan fingerprint density at radius 1 is 1.30 bits per heavy atom. The average Bonchev–Trinajstić information content (AvgIpc) is 2.46. The van der Waals surface area contributed by atoms with Crippen LogP contribution >= 0.6 is 11.6 Å². The lowest BCUT2D eigenvalue weighted by molar-refractivity contribution is -0.124. The van der Waals surface area contributed by atoms with Gasteiger partial charge in [-0.1, -0.05) is 23.7 Å². The van der Waals surface area contributed by atoms with Crippen LogP contribution in [0.3, 0.4) is 0 Å². The van der Waals surface area contributed by atoms with Gasteiger partial charge < -0.3 is 10.4 Å². The molecule has 1 aromatic carbocycles. The maximum Gasteiger partial charge on any atom is 0.234 e. The number of halogens is 1. The maximum atomic E-state index is 12.0. The lowest BCUT2D eigenvalue weighted by atomic mass is 9.87. The van der Waals surface area contributed by atoms with E-state index in [1.165, 1.54) is 0 Å². The molecule has 1 aliphatic heterocycles. The van der Waals surface area contributed by atoms with Crippen molar-refractivity contribution in [3.63, 3.8) is 0 Å². The number of benzene rings is 1. The van der Waals surface area contributed by atoms with Crippen LogP contribution < -0.4 is 5.32 Å². The molecule has 23 heavy (non-hydrogen) atoms. The Bertz CT molecular complexity index is 517. The lowest BCUT2D eigenvalue weighted by Crippen LogP contribution is -2.47. The molecule has 1 amide bonds. The number of aliphatic hydroxyl groups is 1. The third-order valence-electron chi connectivity index (χ3n) is 4.17. The van der Waals surface area contributed by atoms with Gasteiger partial charge in [-0.05, 0) is 70.3 Å². The number of nitrogens with zero attached hydrogens (tertiary/aromatic N) is 1. The number of carbonyl (C=O) groups excluding carboxylic acids is 1. The van der Waals surface area contributed by atoms with Gasteiger partial charge in [-0.3, -0.25) is 9.69 Å². The van der Waals surface area contributed by atoms with Crippen molar-refractivity contribution < 1.29 is 9.90 Å². The summed E-state index contributed by atoms with van der Waals surface area (Å²) in [6.07, 6.45) is 1.33. The van der Waals surface area contributed by atoms with E-state index in [4.69, 9.17) is 11.6 Å². The first-order valence-electron chi connectivity index (χ1n) is 8.21. The highest BCUT2D eigenvalue weighted by Crippen LogP contribution is 2.31. The van der Waals surface area contributed by atoms with Crippen molar-refractivity contribution in [1.29, 1.82) is 0 Å². The summed E-state index contributed by atoms with van der Waals surface area (Å²) >= 11 is 5.89. The highest BCUT2D eigenvalue weighted by atomic mass is 35.5. The van der Waals surface area contributed by atoms with Gasteiger partial charge in [-0.25, -0.2) is 0 Å². The molecule has 0 saturated carbocycles. The molecule has 1 unspecified atom stereocenters. The van der Waals surface area contributed by atoms with Gasteiger partial charge in [0.15, 0.2) is 0 Å². The highest BCUT2D eigenvalue weighted by molar-refractivity contribution is 6.30. The Kier molecular flexibility index (Phi) is 6.06. The van der Waals surface area contributed by atoms with E-state index in [2.05, 4.69) is 10.2 Å². The number of hydrogen-bond donors (Lipinski definition) is 2. The molecule has 2 N–H and O–H groups in total. The summed E-state index contributed by atoms with van der Waals surface area (Å²) in [5, 5.41) is 14.2. The summed E-state index contributed by atoms with van der Waals surface area (Å²) in [5.74, 6) is 0.298. The van der Waals surface area contributed by atoms with Gasteiger partial charge >= 0.3 is 0 Å². The van der Waals surface area contributed by atoms with Gasteiger partial charge in [0.1, 0.15) is 0 Å². The lowest BCUT2D eigenvalue weighted by Gasteiger charge is -2.34. The fourth-order valence-electron chi connectivity index (χ4n) is 3.02. The summed E-state index contributed by atoms with van der Waals surface area (Å²) in [6, 6.07) is 7.39. The second-order valence-corrected chi connectivity index (χ2v) is 7.84. The van der Waals surface area contributed by atoms with Crippen LogP contribution in [-0.2, 0) is 4.79 Å². The van der Waals surface area contributed by atoms with Crippen molar-refractivity contribution in [2.24, 2.45) is 5.92 Å². The first-order chi connectivity index (χ1) is 10.7. The fourth-order valence-corrected chi connectivity index (χ4v) is 3.15. The van der Waals surface area contributed by atoms with Crippen LogP contribution in [-0.4, -0.2) is 41.1 Å². The molecule has 0 spiro atoms. The quantitative estimate of drug-likeness (QED) is 0.887. The van der Waals surface area contributed by atoms with E-state index < -0.39 is 6.10 Å². The molecule has 1 fully saturated rings. The molecule has 1 heterocycles. The second kappa shape index (κ2) is 7.65. The SMILES string of the molecule is CC(C)(C)NC(=O)CN1CCC(C(O)c2ccc(Cl)cc2)CC1. The van der Waals surface area contributed by atoms with Crippen LogP contribution in [0.4, 0.5) is 0 Å². The van der Waals surface area contributed by atoms with Gasteiger partial charge in [0.2, 0.25) is 5.91 Å². The number of likely N-dealkylation sites (tertiary alicyclic amines) is 1. The maximum absolute atomic E-state index is 12.0. The molecular formula is C18H27ClN2O2. The Labute approximate surface area is 143 Å². The Hall–Kier alpha value is -1.10. The van der Waals surface area contributed by atoms with Crippen molar-refractivity contribution in [3.8, 4) is 0 Å². The third-order valence-corrected chi connectivity index (χ3v) is 4.42. The molecule has 1 saturated heterocycles. The molecule has 0 radical (unpaired) electrons. The molecule has 128 valence electrons. The summed E-state index contributed by atoms with van der Waals surface area (Å²) in [4.78, 5) is 14.1. The minimum atomic E-state index is -0.460. The summed E-state index contributed by atoms with van der Waals surface area (Å²) in [6.45, 7) is 8.07. The molecule has 4 nitrogen and oxygen atoms in total. The second-order valence-electron chi connectivity index (χ2n) is 7.41. The zero-order chi connectivity index (χ0) is 17.0. The van der Waals surface area contributed by atoms with E-state index in [1.54, 1.807) is 0 Å². The van der Waals surface area contributed by atoms with E-state index in [0.29, 0.717) is 11.6 Å². The molecule has 1 atom stereocenters. The largest absolute Gasteiger partial charge is 0.388 e. The Balaban J connectivity index is 1.81. The summed E-state index contributed by atoms with van der Waals surface area (Å²) < 4.78 is 0. The van der Waals surface area contributed by atoms with Crippen LogP contribution in [0.5, 0.6) is 0 Å². The van der Waals surface area contributed by atoms with Crippen LogP contribution in [0.15, 0.2) is 24.3 Å². The summed E-state index contributed by atoms with van der Waals surface area (Å²) in [7, 11) is 0. The van der Waals surface area contributed by atoms with Crippen LogP contribution in [0.2, 0.25) is 5.02 Å². The first kappa shape index (κ1) is 18.2. The fraction of sp³-hybridized carbons (Fsp3) is 0.611. The molecule has 0 bridgehead atoms. The van der Waals surface area contributed by atoms with Gasteiger partial charge in [-0.15, -0.1) is 0 Å². The van der Waals surface area contributed by atoms with Crippen molar-refractivity contribution in [3.05, 3.63) is 34.9 Å². The summed E-state index contributed by atoms with van der Waals surface area (Å²) in [5.41, 5.74) is 0.721. The Morgan fingerprint density at radius 2 is 1.87 bits per heavy atom. The number of nitrogens with one attached hydrogen (secondary N) is 1. The highest BCUT2D eigenvalue weighted by Gasteiger charge is 2.27. The normalized spacial score (nSPS) is 18.7. The van der Waals surface area contributed by atoms with Gasteiger partial charge in [-0.2, -0.15) is 0 Å². The number of rotatable bonds is 4. The monoisotopic (exact) mass is 338 g/mol. The molecule has 0 aromatic heterocycles. The smallest absolute Gasteiger partial charge is 0.234 e. The number of piperidine rings is 1. The molecule has 5 heteroatoms. The zero-order valence-corrected chi connectivity index (χ0v) is 14.9. The van der Waals surface area contributed by atoms with Crippen molar-refractivity contribution >= 4 is 17.5 Å². The van der Waals surface area contributed by atoms with Crippen LogP contribution in [0, 0.1) is 5.92 Å². The predicted molar refractivity (Wildman–Crippen MR) is 93.5 cm³/mol. The van der Waals surface area contributed by atoms with Crippen molar-refractivity contribution in [2.45, 2.75) is 45.3 Å². The number of carbonyl (C=O) groups is 1. The minimum Gasteiger partial charge on any atom is -0.388 e. The van der Waals surface area contributed by atoms with Crippen LogP contribution in [0.1, 0.15) is 45.3 Å². The minimum absolute atomic E-state index is 0.0641. The molecule has 1 aromatic rings. The molecule has 2 rings (SSSR count). The molecular weight excluding hydrogens is 312 g/mol. The van der Waals surface area contributed by atoms with Gasteiger partial charge in [0.25, 0.3) is 0 Å². The molecule has 0 aliphatic carbocycles. The Morgan fingerprint density at radius 3 is 2.39 bits per heavy atom. The first-order valence-corrected chi connectivity index (χ1v) is 8.59. The average molecular weight is 339 g/mol. The zero-order valence-electron chi connectivity index (χ0n) is 14.2. The number of hydrogen-bond acceptors (Lipinski definition) is 3. The number of amides is 1. The van der Waals surface area contributed by atoms with E-state index in [1.807, 2.05) is 45.0 Å². The molecule has 1 aliphatic rings. The van der Waals surface area contributed by atoms with E-state index >= 15 is 0 Å². The van der Waals surface area contributed by atoms with E-state index in [9.17, 15) is 9.90 Å². The van der Waals surface area contributed by atoms with E-state index in [-0.39, 0.29) is 17.4 Å². The predicted octanol–water partition coefficient (Wildman–Crippen LogP) is 3.00. The van der Waals surface area contributed by atoms with Crippen LogP contribution in [0.25, 0.3) is 0 Å². The van der Waals surface area contributed by atoms with Crippen molar-refractivity contribution in [1.82, 2.24) is 10.2 Å². The third kappa shape index (κ3) is 5.79.